The second kappa shape index (κ2) is 2.97. The number of para-hydroxylation sites is 1. The van der Waals surface area contributed by atoms with E-state index in [-0.39, 0.29) is 11.5 Å². The third kappa shape index (κ3) is 1.30. The van der Waals surface area contributed by atoms with E-state index >= 15 is 0 Å². The van der Waals surface area contributed by atoms with Crippen molar-refractivity contribution in [3.05, 3.63) is 30.3 Å². The van der Waals surface area contributed by atoms with E-state index in [1.807, 2.05) is 0 Å². The standard InChI is InChI=1S/C9H8NO3/c11-7-3-1-2-6(8(7)12)9-10-4-5-13-9/h1-4,11-12H,5H2. The number of nitrogens with zero attached hydrogens (tertiary/aromatic N) is 1. The van der Waals surface area contributed by atoms with Gasteiger partial charge in [-0.05, 0) is 12.1 Å². The maximum atomic E-state index is 9.43. The fourth-order valence-corrected chi connectivity index (χ4v) is 1.12. The largest absolute Gasteiger partial charge is 0.504 e. The van der Waals surface area contributed by atoms with Gasteiger partial charge in [0.25, 0.3) is 0 Å². The van der Waals surface area contributed by atoms with Crippen LogP contribution in [-0.4, -0.2) is 22.7 Å². The van der Waals surface area contributed by atoms with E-state index in [1.165, 1.54) is 6.07 Å². The van der Waals surface area contributed by atoms with Gasteiger partial charge in [0.2, 0.25) is 5.90 Å². The first kappa shape index (κ1) is 7.91. The summed E-state index contributed by atoms with van der Waals surface area (Å²) in [6.45, 7) is 2.00. The molecule has 0 amide bonds. The summed E-state index contributed by atoms with van der Waals surface area (Å²) in [7, 11) is 0. The Kier molecular flexibility index (Phi) is 1.81. The van der Waals surface area contributed by atoms with E-state index in [2.05, 4.69) is 4.99 Å². The number of benzene rings is 1. The van der Waals surface area contributed by atoms with Gasteiger partial charge in [-0.15, -0.1) is 0 Å². The molecule has 1 radical (unpaired) electrons. The van der Waals surface area contributed by atoms with Gasteiger partial charge in [-0.2, -0.15) is 0 Å². The molecule has 2 N–H and O–H groups in total. The Morgan fingerprint density at radius 1 is 1.31 bits per heavy atom. The van der Waals surface area contributed by atoms with Crippen molar-refractivity contribution in [3.63, 3.8) is 0 Å². The van der Waals surface area contributed by atoms with E-state index in [0.717, 1.165) is 0 Å². The van der Waals surface area contributed by atoms with Gasteiger partial charge >= 0.3 is 0 Å². The molecule has 0 spiro atoms. The van der Waals surface area contributed by atoms with Crippen LogP contribution in [0.2, 0.25) is 0 Å². The van der Waals surface area contributed by atoms with Gasteiger partial charge < -0.3 is 14.9 Å². The molecule has 0 saturated carbocycles. The van der Waals surface area contributed by atoms with Crippen molar-refractivity contribution < 1.29 is 14.9 Å². The summed E-state index contributed by atoms with van der Waals surface area (Å²) in [5, 5.41) is 18.6. The van der Waals surface area contributed by atoms with Crippen LogP contribution < -0.4 is 0 Å². The van der Waals surface area contributed by atoms with E-state index in [0.29, 0.717) is 18.1 Å². The highest BCUT2D eigenvalue weighted by molar-refractivity contribution is 5.98. The number of hydrogen-bond donors (Lipinski definition) is 2. The summed E-state index contributed by atoms with van der Waals surface area (Å²) in [4.78, 5) is 3.91. The zero-order valence-electron chi connectivity index (χ0n) is 6.77. The molecule has 1 aliphatic rings. The van der Waals surface area contributed by atoms with Crippen LogP contribution in [0, 0.1) is 6.54 Å². The molecule has 1 aromatic carbocycles. The smallest absolute Gasteiger partial charge is 0.220 e. The lowest BCUT2D eigenvalue weighted by Crippen LogP contribution is -2.00. The van der Waals surface area contributed by atoms with E-state index in [1.54, 1.807) is 18.7 Å². The van der Waals surface area contributed by atoms with Gasteiger partial charge in [-0.1, -0.05) is 6.07 Å². The summed E-state index contributed by atoms with van der Waals surface area (Å²) in [5.41, 5.74) is 0.411. The van der Waals surface area contributed by atoms with Gasteiger partial charge in [0, 0.05) is 0 Å². The molecule has 0 bridgehead atoms. The number of aromatic hydroxyl groups is 2. The van der Waals surface area contributed by atoms with Gasteiger partial charge in [0.05, 0.1) is 5.56 Å². The zero-order valence-corrected chi connectivity index (χ0v) is 6.77. The van der Waals surface area contributed by atoms with Crippen molar-refractivity contribution in [3.8, 4) is 11.5 Å². The summed E-state index contributed by atoms with van der Waals surface area (Å²) < 4.78 is 5.10. The molecular weight excluding hydrogens is 170 g/mol. The Morgan fingerprint density at radius 3 is 2.85 bits per heavy atom. The topological polar surface area (TPSA) is 62.1 Å². The number of ether oxygens (including phenoxy) is 1. The average Bonchev–Trinajstić information content (AvgIpc) is 2.62. The molecule has 1 aliphatic heterocycles. The molecular formula is C9H8NO3. The third-order valence-electron chi connectivity index (χ3n) is 1.75. The molecule has 4 heteroatoms. The molecule has 0 unspecified atom stereocenters. The molecule has 4 nitrogen and oxygen atoms in total. The predicted molar refractivity (Wildman–Crippen MR) is 46.6 cm³/mol. The number of rotatable bonds is 1. The highest BCUT2D eigenvalue weighted by Crippen LogP contribution is 2.29. The van der Waals surface area contributed by atoms with Crippen LogP contribution in [0.25, 0.3) is 0 Å². The normalized spacial score (nSPS) is 15.2. The number of phenols is 2. The van der Waals surface area contributed by atoms with Crippen LogP contribution in [-0.2, 0) is 4.74 Å². The van der Waals surface area contributed by atoms with Crippen molar-refractivity contribution >= 4 is 5.90 Å². The fourth-order valence-electron chi connectivity index (χ4n) is 1.12. The number of aliphatic imine (C=N–C) groups is 1. The molecule has 2 rings (SSSR count). The maximum absolute atomic E-state index is 9.43. The molecule has 0 atom stereocenters. The lowest BCUT2D eigenvalue weighted by atomic mass is 10.2. The van der Waals surface area contributed by atoms with Crippen LogP contribution in [0.1, 0.15) is 5.56 Å². The van der Waals surface area contributed by atoms with Gasteiger partial charge in [0.15, 0.2) is 11.5 Å². The van der Waals surface area contributed by atoms with Crippen molar-refractivity contribution in [2.75, 3.05) is 6.61 Å². The third-order valence-corrected chi connectivity index (χ3v) is 1.75. The second-order valence-electron chi connectivity index (χ2n) is 2.60. The lowest BCUT2D eigenvalue weighted by molar-refractivity contribution is 0.357. The van der Waals surface area contributed by atoms with Crippen LogP contribution >= 0.6 is 0 Å². The van der Waals surface area contributed by atoms with Crippen LogP contribution in [0.5, 0.6) is 11.5 Å². The minimum atomic E-state index is -0.198. The first-order chi connectivity index (χ1) is 6.29. The molecule has 0 fully saturated rings. The van der Waals surface area contributed by atoms with E-state index in [9.17, 15) is 10.2 Å². The highest BCUT2D eigenvalue weighted by Gasteiger charge is 2.16. The molecule has 67 valence electrons. The molecule has 1 aromatic rings. The molecule has 0 aromatic heterocycles. The maximum Gasteiger partial charge on any atom is 0.220 e. The minimum Gasteiger partial charge on any atom is -0.504 e. The second-order valence-corrected chi connectivity index (χ2v) is 2.60. The Labute approximate surface area is 75.1 Å². The molecule has 1 heterocycles. The predicted octanol–water partition coefficient (Wildman–Crippen LogP) is 1.04. The Hall–Kier alpha value is -1.71. The lowest BCUT2D eigenvalue weighted by Gasteiger charge is -2.04. The molecule has 0 aliphatic carbocycles. The Morgan fingerprint density at radius 2 is 2.15 bits per heavy atom. The van der Waals surface area contributed by atoms with Crippen molar-refractivity contribution in [1.82, 2.24) is 0 Å². The monoisotopic (exact) mass is 178 g/mol. The van der Waals surface area contributed by atoms with Gasteiger partial charge in [-0.3, -0.25) is 0 Å². The first-order valence-electron chi connectivity index (χ1n) is 3.82. The summed E-state index contributed by atoms with van der Waals surface area (Å²) in [6, 6.07) is 4.65. The summed E-state index contributed by atoms with van der Waals surface area (Å²) >= 11 is 0. The summed E-state index contributed by atoms with van der Waals surface area (Å²) in [6.07, 6.45) is 0. The highest BCUT2D eigenvalue weighted by atomic mass is 16.5. The Bertz CT molecular complexity index is 360. The van der Waals surface area contributed by atoms with E-state index in [4.69, 9.17) is 4.74 Å². The van der Waals surface area contributed by atoms with Crippen molar-refractivity contribution in [1.29, 1.82) is 0 Å². The van der Waals surface area contributed by atoms with Crippen molar-refractivity contribution in [2.24, 2.45) is 4.99 Å². The van der Waals surface area contributed by atoms with E-state index < -0.39 is 0 Å². The fraction of sp³-hybridized carbons (Fsp3) is 0.111. The first-order valence-corrected chi connectivity index (χ1v) is 3.82. The SMILES string of the molecule is Oc1cccc(C2=N[CH]CO2)c1O. The average molecular weight is 178 g/mol. The van der Waals surface area contributed by atoms with Gasteiger partial charge in [0.1, 0.15) is 13.2 Å². The van der Waals surface area contributed by atoms with Crippen LogP contribution in [0.4, 0.5) is 0 Å². The minimum absolute atomic E-state index is 0.171. The number of hydrogen-bond acceptors (Lipinski definition) is 4. The molecule has 0 saturated heterocycles. The van der Waals surface area contributed by atoms with Crippen LogP contribution in [0.3, 0.4) is 0 Å². The van der Waals surface area contributed by atoms with Crippen molar-refractivity contribution in [2.45, 2.75) is 0 Å². The molecule has 13 heavy (non-hydrogen) atoms. The van der Waals surface area contributed by atoms with Crippen LogP contribution in [0.15, 0.2) is 23.2 Å². The quantitative estimate of drug-likeness (QED) is 0.631. The van der Waals surface area contributed by atoms with Gasteiger partial charge in [-0.25, -0.2) is 4.99 Å². The number of phenolic OH excluding ortho intramolecular Hbond substituents is 2. The zero-order chi connectivity index (χ0) is 9.26. The Balaban J connectivity index is 2.45. The summed E-state index contributed by atoms with van der Waals surface area (Å²) in [5.74, 6) is -0.0272.